The molecule has 0 aliphatic carbocycles. The molecule has 0 spiro atoms. The third-order valence-electron chi connectivity index (χ3n) is 4.99. The Labute approximate surface area is 162 Å². The third kappa shape index (κ3) is 3.47. The van der Waals surface area contributed by atoms with Gasteiger partial charge in [-0.15, -0.1) is 0 Å². The van der Waals surface area contributed by atoms with Crippen LogP contribution in [0.5, 0.6) is 0 Å². The predicted molar refractivity (Wildman–Crippen MR) is 103 cm³/mol. The van der Waals surface area contributed by atoms with Crippen molar-refractivity contribution in [2.24, 2.45) is 0 Å². The molecule has 0 fully saturated rings. The SMILES string of the molecule is Cc1c(Cl)cccc1NC(=O)C[n+]1cc(-c2ccc(F)cc2)n2c1CCC2. The van der Waals surface area contributed by atoms with Crippen LogP contribution in [-0.2, 0) is 24.3 Å². The number of amides is 1. The van der Waals surface area contributed by atoms with Gasteiger partial charge in [0.05, 0.1) is 13.0 Å². The third-order valence-corrected chi connectivity index (χ3v) is 5.40. The van der Waals surface area contributed by atoms with E-state index in [9.17, 15) is 9.18 Å². The van der Waals surface area contributed by atoms with Crippen LogP contribution in [0.3, 0.4) is 0 Å². The van der Waals surface area contributed by atoms with Crippen molar-refractivity contribution in [3.8, 4) is 11.3 Å². The smallest absolute Gasteiger partial charge is 0.266 e. The summed E-state index contributed by atoms with van der Waals surface area (Å²) < 4.78 is 17.4. The molecule has 1 aliphatic heterocycles. The number of imidazole rings is 1. The summed E-state index contributed by atoms with van der Waals surface area (Å²) in [5.41, 5.74) is 3.54. The summed E-state index contributed by atoms with van der Waals surface area (Å²) >= 11 is 6.13. The second-order valence-electron chi connectivity index (χ2n) is 6.78. The normalized spacial score (nSPS) is 12.9. The number of anilines is 1. The lowest BCUT2D eigenvalue weighted by Crippen LogP contribution is -2.42. The van der Waals surface area contributed by atoms with Crippen molar-refractivity contribution in [3.05, 3.63) is 70.9 Å². The minimum absolute atomic E-state index is 0.101. The minimum Gasteiger partial charge on any atom is -0.322 e. The monoisotopic (exact) mass is 384 g/mol. The molecule has 0 atom stereocenters. The number of carbonyl (C=O) groups excluding carboxylic acids is 1. The van der Waals surface area contributed by atoms with E-state index >= 15 is 0 Å². The molecular formula is C21H20ClFN3O+. The van der Waals surface area contributed by atoms with Crippen molar-refractivity contribution < 1.29 is 13.8 Å². The van der Waals surface area contributed by atoms with Crippen molar-refractivity contribution in [1.82, 2.24) is 4.57 Å². The van der Waals surface area contributed by atoms with Crippen LogP contribution < -0.4 is 9.88 Å². The molecule has 0 saturated carbocycles. The van der Waals surface area contributed by atoms with Gasteiger partial charge in [0.25, 0.3) is 11.7 Å². The van der Waals surface area contributed by atoms with Gasteiger partial charge in [0.1, 0.15) is 12.0 Å². The summed E-state index contributed by atoms with van der Waals surface area (Å²) in [6, 6.07) is 11.9. The highest BCUT2D eigenvalue weighted by Crippen LogP contribution is 2.25. The maximum atomic E-state index is 13.2. The van der Waals surface area contributed by atoms with Crippen LogP contribution in [0, 0.1) is 12.7 Å². The Morgan fingerprint density at radius 3 is 2.81 bits per heavy atom. The number of hydrogen-bond donors (Lipinski definition) is 1. The van der Waals surface area contributed by atoms with Crippen molar-refractivity contribution in [1.29, 1.82) is 0 Å². The molecule has 1 N–H and O–H groups in total. The lowest BCUT2D eigenvalue weighted by Gasteiger charge is -2.08. The summed E-state index contributed by atoms with van der Waals surface area (Å²) in [4.78, 5) is 12.6. The zero-order valence-electron chi connectivity index (χ0n) is 15.0. The summed E-state index contributed by atoms with van der Waals surface area (Å²) in [6.07, 6.45) is 3.94. The summed E-state index contributed by atoms with van der Waals surface area (Å²) in [5.74, 6) is 0.764. The fraction of sp³-hybridized carbons (Fsp3) is 0.238. The molecule has 3 aromatic rings. The second-order valence-corrected chi connectivity index (χ2v) is 7.19. The van der Waals surface area contributed by atoms with Crippen molar-refractivity contribution in [2.45, 2.75) is 32.9 Å². The quantitative estimate of drug-likeness (QED) is 0.675. The van der Waals surface area contributed by atoms with E-state index in [2.05, 4.69) is 9.88 Å². The van der Waals surface area contributed by atoms with Gasteiger partial charge in [-0.3, -0.25) is 4.79 Å². The standard InChI is InChI=1S/C21H19ClFN3O/c1-14-17(22)4-2-5-18(14)24-20(27)13-25-12-19(26-11-3-6-21(25)26)15-7-9-16(23)10-8-15/h2,4-5,7-10,12H,3,6,11,13H2,1H3/p+1. The van der Waals surface area contributed by atoms with Gasteiger partial charge in [-0.25, -0.2) is 13.5 Å². The zero-order chi connectivity index (χ0) is 19.0. The molecule has 1 aromatic heterocycles. The first-order chi connectivity index (χ1) is 13.0. The van der Waals surface area contributed by atoms with E-state index in [-0.39, 0.29) is 18.3 Å². The molecular weight excluding hydrogens is 365 g/mol. The van der Waals surface area contributed by atoms with Crippen LogP contribution in [0.15, 0.2) is 48.7 Å². The molecule has 4 rings (SSSR count). The molecule has 0 radical (unpaired) electrons. The largest absolute Gasteiger partial charge is 0.322 e. The number of carbonyl (C=O) groups is 1. The Kier molecular flexibility index (Phi) is 4.70. The van der Waals surface area contributed by atoms with Crippen molar-refractivity contribution >= 4 is 23.2 Å². The molecule has 2 aromatic carbocycles. The van der Waals surface area contributed by atoms with E-state index < -0.39 is 0 Å². The number of benzene rings is 2. The molecule has 0 unspecified atom stereocenters. The summed E-state index contributed by atoms with van der Waals surface area (Å²) in [6.45, 7) is 3.01. The van der Waals surface area contributed by atoms with Crippen LogP contribution in [0.4, 0.5) is 10.1 Å². The fourth-order valence-electron chi connectivity index (χ4n) is 3.58. The molecule has 1 aliphatic rings. The molecule has 0 saturated heterocycles. The van der Waals surface area contributed by atoms with Crippen molar-refractivity contribution in [3.63, 3.8) is 0 Å². The Morgan fingerprint density at radius 1 is 1.26 bits per heavy atom. The van der Waals surface area contributed by atoms with Gasteiger partial charge in [0.2, 0.25) is 0 Å². The number of nitrogens with one attached hydrogen (secondary N) is 1. The molecule has 4 nitrogen and oxygen atoms in total. The Morgan fingerprint density at radius 2 is 2.04 bits per heavy atom. The van der Waals surface area contributed by atoms with E-state index in [1.54, 1.807) is 18.2 Å². The van der Waals surface area contributed by atoms with E-state index in [0.717, 1.165) is 47.7 Å². The summed E-state index contributed by atoms with van der Waals surface area (Å²) in [5, 5.41) is 3.57. The van der Waals surface area contributed by atoms with E-state index in [4.69, 9.17) is 11.6 Å². The van der Waals surface area contributed by atoms with Gasteiger partial charge < -0.3 is 5.32 Å². The predicted octanol–water partition coefficient (Wildman–Crippen LogP) is 4.13. The van der Waals surface area contributed by atoms with Gasteiger partial charge >= 0.3 is 0 Å². The van der Waals surface area contributed by atoms with Gasteiger partial charge in [0, 0.05) is 16.3 Å². The van der Waals surface area contributed by atoms with Crippen LogP contribution in [-0.4, -0.2) is 10.5 Å². The van der Waals surface area contributed by atoms with Crippen LogP contribution in [0.1, 0.15) is 17.8 Å². The number of hydrogen-bond acceptors (Lipinski definition) is 1. The van der Waals surface area contributed by atoms with Crippen LogP contribution in [0.2, 0.25) is 5.02 Å². The fourth-order valence-corrected chi connectivity index (χ4v) is 3.76. The Balaban J connectivity index is 1.59. The average Bonchev–Trinajstić information content (AvgIpc) is 3.24. The number of fused-ring (bicyclic) bond motifs is 1. The molecule has 138 valence electrons. The summed E-state index contributed by atoms with van der Waals surface area (Å²) in [7, 11) is 0. The maximum Gasteiger partial charge on any atom is 0.266 e. The highest BCUT2D eigenvalue weighted by Gasteiger charge is 2.29. The minimum atomic E-state index is -0.254. The first kappa shape index (κ1) is 17.7. The lowest BCUT2D eigenvalue weighted by atomic mass is 10.1. The Bertz CT molecular complexity index is 1010. The highest BCUT2D eigenvalue weighted by molar-refractivity contribution is 6.31. The molecule has 6 heteroatoms. The van der Waals surface area contributed by atoms with Gasteiger partial charge in [-0.05, 0) is 55.3 Å². The van der Waals surface area contributed by atoms with Gasteiger partial charge in [-0.2, -0.15) is 0 Å². The zero-order valence-corrected chi connectivity index (χ0v) is 15.8. The molecule has 27 heavy (non-hydrogen) atoms. The van der Waals surface area contributed by atoms with Gasteiger partial charge in [0.15, 0.2) is 12.2 Å². The van der Waals surface area contributed by atoms with Gasteiger partial charge in [-0.1, -0.05) is 17.7 Å². The Hall–Kier alpha value is -2.66. The lowest BCUT2D eigenvalue weighted by molar-refractivity contribution is -0.690. The first-order valence-corrected chi connectivity index (χ1v) is 9.33. The number of aromatic nitrogens is 2. The molecule has 0 bridgehead atoms. The van der Waals surface area contributed by atoms with Crippen molar-refractivity contribution in [2.75, 3.05) is 5.32 Å². The maximum absolute atomic E-state index is 13.2. The van der Waals surface area contributed by atoms with Crippen LogP contribution >= 0.6 is 11.6 Å². The topological polar surface area (TPSA) is 37.9 Å². The second kappa shape index (κ2) is 7.16. The number of halogens is 2. The van der Waals surface area contributed by atoms with Crippen LogP contribution in [0.25, 0.3) is 11.3 Å². The number of nitrogens with zero attached hydrogens (tertiary/aromatic N) is 2. The first-order valence-electron chi connectivity index (χ1n) is 8.95. The van der Waals surface area contributed by atoms with E-state index in [1.165, 1.54) is 12.1 Å². The molecule has 2 heterocycles. The highest BCUT2D eigenvalue weighted by atomic mass is 35.5. The average molecular weight is 385 g/mol. The number of rotatable bonds is 4. The van der Waals surface area contributed by atoms with E-state index in [0.29, 0.717) is 5.02 Å². The molecule has 1 amide bonds. The van der Waals surface area contributed by atoms with E-state index in [1.807, 2.05) is 29.8 Å².